The van der Waals surface area contributed by atoms with Gasteiger partial charge >= 0.3 is 0 Å². The molecule has 1 fully saturated rings. The van der Waals surface area contributed by atoms with Crippen molar-refractivity contribution in [1.29, 1.82) is 0 Å². The molecule has 0 saturated carbocycles. The van der Waals surface area contributed by atoms with Crippen molar-refractivity contribution in [2.75, 3.05) is 23.3 Å². The number of pyridine rings is 1. The molecule has 7 nitrogen and oxygen atoms in total. The van der Waals surface area contributed by atoms with Crippen LogP contribution in [0.5, 0.6) is 0 Å². The minimum atomic E-state index is -3.69. The zero-order valence-electron chi connectivity index (χ0n) is 13.4. The lowest BCUT2D eigenvalue weighted by molar-refractivity contribution is 0.102. The van der Waals surface area contributed by atoms with Gasteiger partial charge in [-0.15, -0.1) is 0 Å². The Morgan fingerprint density at radius 2 is 2.00 bits per heavy atom. The van der Waals surface area contributed by atoms with Gasteiger partial charge in [0.05, 0.1) is 6.61 Å². The van der Waals surface area contributed by atoms with E-state index in [1.165, 1.54) is 24.4 Å². The molecule has 2 heterocycles. The molecule has 0 bridgehead atoms. The fraction of sp³-hybridized carbons (Fsp3) is 0.250. The summed E-state index contributed by atoms with van der Waals surface area (Å²) in [6, 6.07) is 5.56. The van der Waals surface area contributed by atoms with Crippen LogP contribution in [0, 0.1) is 11.6 Å². The quantitative estimate of drug-likeness (QED) is 0.825. The van der Waals surface area contributed by atoms with E-state index in [1.54, 1.807) is 0 Å². The molecule has 1 aromatic heterocycles. The summed E-state index contributed by atoms with van der Waals surface area (Å²) >= 11 is 0. The van der Waals surface area contributed by atoms with Gasteiger partial charge in [0.2, 0.25) is 10.0 Å². The van der Waals surface area contributed by atoms with Crippen molar-refractivity contribution in [3.8, 4) is 0 Å². The second-order valence-electron chi connectivity index (χ2n) is 5.65. The van der Waals surface area contributed by atoms with Gasteiger partial charge in [-0.25, -0.2) is 22.2 Å². The third kappa shape index (κ3) is 4.14. The van der Waals surface area contributed by atoms with E-state index in [4.69, 9.17) is 4.74 Å². The van der Waals surface area contributed by atoms with Crippen LogP contribution in [-0.2, 0) is 14.8 Å². The van der Waals surface area contributed by atoms with E-state index in [2.05, 4.69) is 15.0 Å². The Morgan fingerprint density at radius 1 is 1.19 bits per heavy atom. The van der Waals surface area contributed by atoms with Crippen molar-refractivity contribution in [3.63, 3.8) is 0 Å². The smallest absolute Gasteiger partial charge is 0.255 e. The number of aromatic nitrogens is 1. The summed E-state index contributed by atoms with van der Waals surface area (Å²) in [4.78, 5) is 16.1. The first kappa shape index (κ1) is 18.2. The lowest BCUT2D eigenvalue weighted by Crippen LogP contribution is -2.28. The first-order valence-electron chi connectivity index (χ1n) is 7.67. The molecular formula is C16H15F2N3O4S. The number of carbonyl (C=O) groups is 1. The van der Waals surface area contributed by atoms with Crippen molar-refractivity contribution in [1.82, 2.24) is 4.98 Å². The monoisotopic (exact) mass is 383 g/mol. The molecule has 1 atom stereocenters. The van der Waals surface area contributed by atoms with E-state index >= 15 is 0 Å². The number of anilines is 2. The van der Waals surface area contributed by atoms with E-state index in [0.717, 1.165) is 12.1 Å². The fourth-order valence-corrected chi connectivity index (χ4v) is 3.64. The minimum absolute atomic E-state index is 0.0187. The number of sulfonamides is 1. The summed E-state index contributed by atoms with van der Waals surface area (Å²) in [7, 11) is -3.69. The van der Waals surface area contributed by atoms with E-state index in [-0.39, 0.29) is 23.7 Å². The largest absolute Gasteiger partial charge is 0.380 e. The Bertz CT molecular complexity index is 931. The molecule has 26 heavy (non-hydrogen) atoms. The van der Waals surface area contributed by atoms with Crippen LogP contribution in [0.2, 0.25) is 0 Å². The first-order valence-corrected chi connectivity index (χ1v) is 9.21. The number of hydrogen-bond acceptors (Lipinski definition) is 5. The van der Waals surface area contributed by atoms with Crippen LogP contribution >= 0.6 is 0 Å². The Morgan fingerprint density at radius 3 is 2.69 bits per heavy atom. The lowest BCUT2D eigenvalue weighted by atomic mass is 10.2. The molecule has 1 unspecified atom stereocenters. The maximum absolute atomic E-state index is 13.2. The van der Waals surface area contributed by atoms with Crippen molar-refractivity contribution < 1.29 is 26.7 Å². The second-order valence-corrected chi connectivity index (χ2v) is 7.61. The number of nitrogens with one attached hydrogen (secondary N) is 2. The van der Waals surface area contributed by atoms with Crippen molar-refractivity contribution in [2.45, 2.75) is 11.7 Å². The van der Waals surface area contributed by atoms with Crippen molar-refractivity contribution >= 4 is 27.4 Å². The molecule has 1 aliphatic heterocycles. The SMILES string of the molecule is O=C(Nc1ccc(F)c(F)c1)c1ccnc(NS(=O)(=O)C2CCOC2)c1. The van der Waals surface area contributed by atoms with Gasteiger partial charge in [0.1, 0.15) is 11.1 Å². The standard InChI is InChI=1S/C16H15F2N3O4S/c17-13-2-1-11(8-14(13)18)20-16(22)10-3-5-19-15(7-10)21-26(23,24)12-4-6-25-9-12/h1-3,5,7-8,12H,4,6,9H2,(H,19,21)(H,20,22). The highest BCUT2D eigenvalue weighted by Crippen LogP contribution is 2.18. The summed E-state index contributed by atoms with van der Waals surface area (Å²) in [5.41, 5.74) is 0.168. The van der Waals surface area contributed by atoms with E-state index in [9.17, 15) is 22.0 Å². The average Bonchev–Trinajstić information content (AvgIpc) is 3.14. The highest BCUT2D eigenvalue weighted by atomic mass is 32.2. The van der Waals surface area contributed by atoms with Crippen LogP contribution in [0.25, 0.3) is 0 Å². The third-order valence-corrected chi connectivity index (χ3v) is 5.52. The van der Waals surface area contributed by atoms with E-state index in [0.29, 0.717) is 13.0 Å². The van der Waals surface area contributed by atoms with Crippen LogP contribution in [0.1, 0.15) is 16.8 Å². The summed E-state index contributed by atoms with van der Waals surface area (Å²) in [5.74, 6) is -2.76. The summed E-state index contributed by atoms with van der Waals surface area (Å²) in [6.07, 6.45) is 1.65. The van der Waals surface area contributed by atoms with Crippen LogP contribution in [0.4, 0.5) is 20.3 Å². The van der Waals surface area contributed by atoms with E-state index in [1.807, 2.05) is 0 Å². The number of amides is 1. The second kappa shape index (κ2) is 7.34. The van der Waals surface area contributed by atoms with Gasteiger partial charge in [-0.3, -0.25) is 9.52 Å². The van der Waals surface area contributed by atoms with Crippen molar-refractivity contribution in [2.24, 2.45) is 0 Å². The number of benzene rings is 1. The minimum Gasteiger partial charge on any atom is -0.380 e. The summed E-state index contributed by atoms with van der Waals surface area (Å²) in [5, 5.41) is 1.72. The molecule has 138 valence electrons. The first-order chi connectivity index (χ1) is 12.3. The zero-order valence-corrected chi connectivity index (χ0v) is 14.2. The number of halogens is 2. The molecule has 0 radical (unpaired) electrons. The molecule has 2 aromatic rings. The van der Waals surface area contributed by atoms with Crippen molar-refractivity contribution in [3.05, 3.63) is 53.7 Å². The van der Waals surface area contributed by atoms with Gasteiger partial charge in [-0.05, 0) is 30.7 Å². The topological polar surface area (TPSA) is 97.4 Å². The van der Waals surface area contributed by atoms with Crippen LogP contribution in [0.3, 0.4) is 0 Å². The number of hydrogen-bond donors (Lipinski definition) is 2. The Hall–Kier alpha value is -2.59. The normalized spacial score (nSPS) is 17.1. The molecule has 10 heteroatoms. The predicted octanol–water partition coefficient (Wildman–Crippen LogP) is 2.14. The lowest BCUT2D eigenvalue weighted by Gasteiger charge is -2.12. The molecule has 1 saturated heterocycles. The van der Waals surface area contributed by atoms with Crippen LogP contribution in [-0.4, -0.2) is 37.8 Å². The molecule has 1 amide bonds. The summed E-state index contributed by atoms with van der Waals surface area (Å²) in [6.45, 7) is 0.474. The highest BCUT2D eigenvalue weighted by Gasteiger charge is 2.30. The Balaban J connectivity index is 1.73. The molecule has 2 N–H and O–H groups in total. The molecule has 0 spiro atoms. The number of ether oxygens (including phenoxy) is 1. The zero-order chi connectivity index (χ0) is 18.7. The van der Waals surface area contributed by atoms with Gasteiger partial charge < -0.3 is 10.1 Å². The predicted molar refractivity (Wildman–Crippen MR) is 90.3 cm³/mol. The van der Waals surface area contributed by atoms with Crippen LogP contribution < -0.4 is 10.0 Å². The fourth-order valence-electron chi connectivity index (χ4n) is 2.39. The van der Waals surface area contributed by atoms with Gasteiger partial charge in [0.15, 0.2) is 11.6 Å². The molecule has 3 rings (SSSR count). The van der Waals surface area contributed by atoms with Crippen LogP contribution in [0.15, 0.2) is 36.5 Å². The van der Waals surface area contributed by atoms with Gasteiger partial charge in [0.25, 0.3) is 5.91 Å². The highest BCUT2D eigenvalue weighted by molar-refractivity contribution is 7.93. The van der Waals surface area contributed by atoms with Gasteiger partial charge in [-0.1, -0.05) is 0 Å². The Labute approximate surface area is 148 Å². The van der Waals surface area contributed by atoms with Gasteiger partial charge in [0, 0.05) is 30.1 Å². The summed E-state index contributed by atoms with van der Waals surface area (Å²) < 4.78 is 58.0. The third-order valence-electron chi connectivity index (χ3n) is 3.77. The maximum Gasteiger partial charge on any atom is 0.255 e. The molecule has 0 aliphatic carbocycles. The van der Waals surface area contributed by atoms with E-state index < -0.39 is 32.8 Å². The molecule has 1 aliphatic rings. The average molecular weight is 383 g/mol. The Kier molecular flexibility index (Phi) is 5.14. The maximum atomic E-state index is 13.2. The molecular weight excluding hydrogens is 368 g/mol. The molecule has 1 aromatic carbocycles. The van der Waals surface area contributed by atoms with Gasteiger partial charge in [-0.2, -0.15) is 0 Å². The number of nitrogens with zero attached hydrogens (tertiary/aromatic N) is 1. The number of rotatable bonds is 5. The number of carbonyl (C=O) groups excluding carboxylic acids is 1.